The molecule has 1 atom stereocenters. The second kappa shape index (κ2) is 11.8. The summed E-state index contributed by atoms with van der Waals surface area (Å²) in [4.78, 5) is 48.5. The molecule has 3 aromatic rings. The Morgan fingerprint density at radius 2 is 1.93 bits per heavy atom. The molecule has 6 heterocycles. The van der Waals surface area contributed by atoms with E-state index in [-0.39, 0.29) is 82.3 Å². The Hall–Kier alpha value is -3.47. The van der Waals surface area contributed by atoms with Crippen molar-refractivity contribution in [3.8, 4) is 17.1 Å². The van der Waals surface area contributed by atoms with Gasteiger partial charge in [-0.3, -0.25) is 4.79 Å². The Kier molecular flexibility index (Phi) is 6.65. The molecule has 2 fully saturated rings. The topological polar surface area (TPSA) is 114 Å². The van der Waals surface area contributed by atoms with Crippen LogP contribution in [-0.2, 0) is 34.7 Å². The van der Waals surface area contributed by atoms with Gasteiger partial charge in [-0.2, -0.15) is 0 Å². The van der Waals surface area contributed by atoms with Crippen LogP contribution in [0.4, 0.5) is 4.79 Å². The predicted molar refractivity (Wildman–Crippen MR) is 167 cm³/mol. The third kappa shape index (κ3) is 4.87. The van der Waals surface area contributed by atoms with Crippen LogP contribution in [0.1, 0.15) is 81.4 Å². The van der Waals surface area contributed by atoms with Gasteiger partial charge in [-0.15, -0.1) is 12.4 Å². The lowest BCUT2D eigenvalue weighted by Gasteiger charge is -2.39. The van der Waals surface area contributed by atoms with Crippen LogP contribution in [0.3, 0.4) is 0 Å². The first kappa shape index (κ1) is 24.8. The zero-order chi connectivity index (χ0) is 34.2. The number of aliphatic hydroxyl groups is 1. The average molecular weight is 628 g/mol. The first-order valence-corrected chi connectivity index (χ1v) is 15.1. The Labute approximate surface area is 269 Å². The van der Waals surface area contributed by atoms with Crippen molar-refractivity contribution in [3.63, 3.8) is 0 Å². The number of hydrogen-bond donors (Lipinski definition) is 1. The second-order valence-corrected chi connectivity index (χ2v) is 11.9. The smallest absolute Gasteiger partial charge is 0.415 e. The maximum absolute atomic E-state index is 13.7. The maximum atomic E-state index is 13.7. The van der Waals surface area contributed by atoms with E-state index in [0.29, 0.717) is 19.1 Å². The highest BCUT2D eigenvalue weighted by atomic mass is 35.5. The fraction of sp³-hybridized carbons (Fsp3) is 0.515. The summed E-state index contributed by atoms with van der Waals surface area (Å²) < 4.78 is 54.3. The number of likely N-dealkylation sites (tertiary alicyclic amines) is 2. The van der Waals surface area contributed by atoms with Crippen molar-refractivity contribution in [2.75, 3.05) is 26.2 Å². The molecule has 2 saturated heterocycles. The number of piperidine rings is 2. The molecule has 4 aliphatic rings. The molecule has 2 aromatic heterocycles. The highest BCUT2D eigenvalue weighted by Gasteiger charge is 2.45. The molecule has 0 unspecified atom stereocenters. The van der Waals surface area contributed by atoms with E-state index in [1.807, 2.05) is 0 Å². The van der Waals surface area contributed by atoms with Crippen molar-refractivity contribution >= 4 is 35.4 Å². The van der Waals surface area contributed by atoms with Crippen molar-refractivity contribution in [2.24, 2.45) is 0 Å². The number of esters is 1. The van der Waals surface area contributed by atoms with Crippen LogP contribution < -0.4 is 10.3 Å². The molecule has 1 aromatic carbocycles. The highest BCUT2D eigenvalue weighted by Crippen LogP contribution is 2.40. The van der Waals surface area contributed by atoms with Crippen LogP contribution in [0.5, 0.6) is 5.75 Å². The summed E-state index contributed by atoms with van der Waals surface area (Å²) in [6, 6.07) is 6.41. The fourth-order valence-corrected chi connectivity index (χ4v) is 7.13. The quantitative estimate of drug-likeness (QED) is 0.329. The molecular weight excluding hydrogens is 584 g/mol. The number of carbonyl (C=O) groups excluding carboxylic acids is 2. The Bertz CT molecular complexity index is 1890. The third-order valence-corrected chi connectivity index (χ3v) is 9.62. The molecule has 0 bridgehead atoms. The molecule has 10 nitrogen and oxygen atoms in total. The Morgan fingerprint density at radius 3 is 2.66 bits per heavy atom. The van der Waals surface area contributed by atoms with Gasteiger partial charge in [0.25, 0.3) is 5.56 Å². The number of fused-ring (bicyclic) bond motifs is 5. The number of hydrogen-bond acceptors (Lipinski definition) is 8. The summed E-state index contributed by atoms with van der Waals surface area (Å²) in [5.74, 6) is -0.763. The number of benzene rings is 1. The summed E-state index contributed by atoms with van der Waals surface area (Å²) in [7, 11) is 0. The van der Waals surface area contributed by atoms with E-state index in [1.165, 1.54) is 48.1 Å². The lowest BCUT2D eigenvalue weighted by atomic mass is 9.86. The van der Waals surface area contributed by atoms with Gasteiger partial charge < -0.3 is 28.9 Å². The molecule has 0 spiro atoms. The average Bonchev–Trinajstić information content (AvgIpc) is 3.43. The number of pyridine rings is 2. The minimum absolute atomic E-state index is 0. The first-order valence-electron chi connectivity index (χ1n) is 17.6. The van der Waals surface area contributed by atoms with Crippen LogP contribution in [0.2, 0.25) is 0 Å². The molecule has 44 heavy (non-hydrogen) atoms. The number of ether oxygens (including phenoxy) is 2. The Morgan fingerprint density at radius 1 is 1.16 bits per heavy atom. The number of amides is 1. The van der Waals surface area contributed by atoms with Gasteiger partial charge in [0, 0.05) is 42.5 Å². The normalized spacial score (nSPS) is 24.0. The first-order chi connectivity index (χ1) is 22.7. The van der Waals surface area contributed by atoms with E-state index in [1.54, 1.807) is 11.8 Å². The Balaban J connectivity index is 0.00000417. The minimum Gasteiger partial charge on any atom is -0.458 e. The SMILES string of the molecule is Cl.[2H]C([2H])([2H])C([2H])([2H])c1c2c(nc3ccc(OC(=O)N4CCC(N5CCCCC5)CC4)cc13)-c1cc3c(c(=O)n1C2)COC(=O)[C@]3(O)CC. The third-order valence-electron chi connectivity index (χ3n) is 9.62. The van der Waals surface area contributed by atoms with E-state index in [0.717, 1.165) is 25.9 Å². The molecule has 4 aliphatic heterocycles. The van der Waals surface area contributed by atoms with Crippen molar-refractivity contribution in [1.82, 2.24) is 19.4 Å². The van der Waals surface area contributed by atoms with Crippen LogP contribution in [0, 0.1) is 0 Å². The molecule has 234 valence electrons. The highest BCUT2D eigenvalue weighted by molar-refractivity contribution is 5.90. The van der Waals surface area contributed by atoms with Gasteiger partial charge in [0.05, 0.1) is 29.0 Å². The van der Waals surface area contributed by atoms with E-state index in [2.05, 4.69) is 4.90 Å². The van der Waals surface area contributed by atoms with Crippen LogP contribution in [0.25, 0.3) is 22.3 Å². The molecule has 11 heteroatoms. The zero-order valence-corrected chi connectivity index (χ0v) is 25.4. The summed E-state index contributed by atoms with van der Waals surface area (Å²) in [5, 5.41) is 11.3. The van der Waals surface area contributed by atoms with Gasteiger partial charge >= 0.3 is 12.1 Å². The number of aryl methyl sites for hydroxylation is 1. The van der Waals surface area contributed by atoms with Crippen LogP contribution >= 0.6 is 12.4 Å². The van der Waals surface area contributed by atoms with E-state index < -0.39 is 36.4 Å². The molecule has 1 N–H and O–H groups in total. The number of carbonyl (C=O) groups is 2. The van der Waals surface area contributed by atoms with Gasteiger partial charge in [-0.05, 0) is 81.4 Å². The number of aromatic nitrogens is 2. The molecule has 0 radical (unpaired) electrons. The van der Waals surface area contributed by atoms with Crippen LogP contribution in [0.15, 0.2) is 29.1 Å². The van der Waals surface area contributed by atoms with Gasteiger partial charge in [0.2, 0.25) is 0 Å². The second-order valence-electron chi connectivity index (χ2n) is 11.9. The lowest BCUT2D eigenvalue weighted by molar-refractivity contribution is -0.172. The number of halogens is 1. The molecule has 0 saturated carbocycles. The number of rotatable bonds is 4. The van der Waals surface area contributed by atoms with Crippen molar-refractivity contribution in [1.29, 1.82) is 0 Å². The monoisotopic (exact) mass is 627 g/mol. The predicted octanol–water partition coefficient (Wildman–Crippen LogP) is 4.51. The van der Waals surface area contributed by atoms with Crippen molar-refractivity contribution in [2.45, 2.75) is 83.5 Å². The summed E-state index contributed by atoms with van der Waals surface area (Å²) in [6.45, 7) is 1.23. The largest absolute Gasteiger partial charge is 0.458 e. The minimum atomic E-state index is -3.11. The number of cyclic esters (lactones) is 1. The molecular formula is C33H39ClN4O6. The van der Waals surface area contributed by atoms with Gasteiger partial charge in [-0.1, -0.05) is 20.2 Å². The number of nitrogens with zero attached hydrogens (tertiary/aromatic N) is 4. The van der Waals surface area contributed by atoms with Crippen molar-refractivity contribution < 1.29 is 31.0 Å². The summed E-state index contributed by atoms with van der Waals surface area (Å²) in [5.41, 5.74) is -1.82. The van der Waals surface area contributed by atoms with Crippen molar-refractivity contribution in [3.05, 3.63) is 56.9 Å². The van der Waals surface area contributed by atoms with E-state index >= 15 is 0 Å². The van der Waals surface area contributed by atoms with Gasteiger partial charge in [0.1, 0.15) is 12.4 Å². The maximum Gasteiger partial charge on any atom is 0.415 e. The lowest BCUT2D eigenvalue weighted by Crippen LogP contribution is -2.48. The van der Waals surface area contributed by atoms with E-state index in [4.69, 9.17) is 21.3 Å². The van der Waals surface area contributed by atoms with Gasteiger partial charge in [0.15, 0.2) is 5.60 Å². The van der Waals surface area contributed by atoms with E-state index in [9.17, 15) is 19.5 Å². The van der Waals surface area contributed by atoms with Crippen LogP contribution in [-0.4, -0.2) is 68.7 Å². The molecule has 0 aliphatic carbocycles. The molecule has 1 amide bonds. The summed E-state index contributed by atoms with van der Waals surface area (Å²) >= 11 is 0. The molecule has 7 rings (SSSR count). The standard InChI is InChI=1S/C33H38N4O6.ClH/c1-3-22-23-16-21(43-32(40)36-14-10-20(11-15-36)35-12-6-5-7-13-35)8-9-27(23)34-29-24(22)18-37-28(29)17-26-25(30(37)38)19-42-31(39)33(26,41)4-2;/h8-9,16-17,20,41H,3-7,10-15,18-19H2,1-2H3;1H/t33-;/m0./s1/i1D3,3D2;. The van der Waals surface area contributed by atoms with Gasteiger partial charge in [-0.25, -0.2) is 14.6 Å². The fourth-order valence-electron chi connectivity index (χ4n) is 7.13. The zero-order valence-electron chi connectivity index (χ0n) is 29.6. The summed E-state index contributed by atoms with van der Waals surface area (Å²) in [6.07, 6.45) is 1.88.